The van der Waals surface area contributed by atoms with Crippen molar-refractivity contribution in [2.75, 3.05) is 37.8 Å². The molecule has 0 amide bonds. The fourth-order valence-electron chi connectivity index (χ4n) is 4.23. The van der Waals surface area contributed by atoms with Crippen LogP contribution in [0.3, 0.4) is 0 Å². The largest absolute Gasteiger partial charge is 0.391 e. The summed E-state index contributed by atoms with van der Waals surface area (Å²) in [5, 5.41) is 11.6. The minimum atomic E-state index is -3.34. The topological polar surface area (TPSA) is 73.7 Å². The van der Waals surface area contributed by atoms with E-state index in [1.54, 1.807) is 0 Å². The Morgan fingerprint density at radius 2 is 1.89 bits per heavy atom. The molecule has 2 aliphatic rings. The van der Waals surface area contributed by atoms with E-state index in [2.05, 4.69) is 25.1 Å². The van der Waals surface area contributed by atoms with E-state index in [1.165, 1.54) is 46.9 Å². The Balaban J connectivity index is 1.62. The molecule has 0 radical (unpaired) electrons. The van der Waals surface area contributed by atoms with E-state index in [0.29, 0.717) is 13.1 Å². The van der Waals surface area contributed by atoms with Gasteiger partial charge < -0.3 is 10.0 Å². The molecule has 27 heavy (non-hydrogen) atoms. The predicted octanol–water partition coefficient (Wildman–Crippen LogP) is 1.72. The summed E-state index contributed by atoms with van der Waals surface area (Å²) in [6.45, 7) is 3.00. The van der Waals surface area contributed by atoms with Gasteiger partial charge >= 0.3 is 0 Å². The second kappa shape index (κ2) is 6.72. The Morgan fingerprint density at radius 1 is 1.19 bits per heavy atom. The second-order valence-corrected chi connectivity index (χ2v) is 10.3. The third-order valence-electron chi connectivity index (χ3n) is 5.93. The number of rotatable bonds is 4. The summed E-state index contributed by atoms with van der Waals surface area (Å²) in [6, 6.07) is 6.53. The number of benzene rings is 1. The normalized spacial score (nSPS) is 22.8. The van der Waals surface area contributed by atoms with Gasteiger partial charge in [0.2, 0.25) is 10.0 Å². The molecular formula is C20H27N3O3S. The monoisotopic (exact) mass is 389 g/mol. The van der Waals surface area contributed by atoms with Crippen LogP contribution in [0, 0.1) is 12.8 Å². The lowest BCUT2D eigenvalue weighted by Crippen LogP contribution is -2.33. The van der Waals surface area contributed by atoms with Crippen molar-refractivity contribution in [1.29, 1.82) is 0 Å². The van der Waals surface area contributed by atoms with E-state index in [4.69, 9.17) is 4.98 Å². The molecule has 1 fully saturated rings. The zero-order valence-corrected chi connectivity index (χ0v) is 17.0. The summed E-state index contributed by atoms with van der Waals surface area (Å²) in [7, 11) is -0.286. The fourth-order valence-corrected chi connectivity index (χ4v) is 5.40. The average Bonchev–Trinajstić information content (AvgIpc) is 3.19. The zero-order valence-electron chi connectivity index (χ0n) is 16.1. The van der Waals surface area contributed by atoms with Crippen LogP contribution in [0.15, 0.2) is 18.2 Å². The van der Waals surface area contributed by atoms with Gasteiger partial charge in [0.05, 0.1) is 17.4 Å². The smallest absolute Gasteiger partial charge is 0.214 e. The van der Waals surface area contributed by atoms with E-state index in [1.807, 2.05) is 4.90 Å². The summed E-state index contributed by atoms with van der Waals surface area (Å²) >= 11 is 0. The molecule has 2 aromatic rings. The number of fused-ring (bicyclic) bond motifs is 2. The van der Waals surface area contributed by atoms with Crippen molar-refractivity contribution in [2.24, 2.45) is 5.92 Å². The Bertz CT molecular complexity index is 988. The van der Waals surface area contributed by atoms with Crippen LogP contribution < -0.4 is 4.90 Å². The first-order valence-corrected chi connectivity index (χ1v) is 11.1. The molecular weight excluding hydrogens is 362 g/mol. The lowest BCUT2D eigenvalue weighted by atomic mass is 10.0. The molecule has 1 aliphatic carbocycles. The Labute approximate surface area is 160 Å². The van der Waals surface area contributed by atoms with Gasteiger partial charge in [0.15, 0.2) is 0 Å². The molecule has 0 bridgehead atoms. The number of aliphatic hydroxyl groups is 1. The van der Waals surface area contributed by atoms with Crippen LogP contribution in [0.2, 0.25) is 0 Å². The van der Waals surface area contributed by atoms with Gasteiger partial charge in [0, 0.05) is 38.5 Å². The highest BCUT2D eigenvalue weighted by Crippen LogP contribution is 2.32. The summed E-state index contributed by atoms with van der Waals surface area (Å²) in [6.07, 6.45) is 2.80. The van der Waals surface area contributed by atoms with Gasteiger partial charge in [-0.1, -0.05) is 0 Å². The highest BCUT2D eigenvalue weighted by Gasteiger charge is 2.36. The molecule has 1 aliphatic heterocycles. The quantitative estimate of drug-likeness (QED) is 0.862. The van der Waals surface area contributed by atoms with E-state index >= 15 is 0 Å². The van der Waals surface area contributed by atoms with E-state index in [9.17, 15) is 13.5 Å². The van der Waals surface area contributed by atoms with Crippen LogP contribution in [-0.4, -0.2) is 61.9 Å². The number of pyridine rings is 1. The number of hydrogen-bond acceptors (Lipinski definition) is 5. The van der Waals surface area contributed by atoms with Gasteiger partial charge in [-0.25, -0.2) is 17.7 Å². The maximum absolute atomic E-state index is 12.2. The van der Waals surface area contributed by atoms with Gasteiger partial charge in [0.25, 0.3) is 0 Å². The van der Waals surface area contributed by atoms with Crippen LogP contribution in [0.5, 0.6) is 0 Å². The van der Waals surface area contributed by atoms with Gasteiger partial charge in [0.1, 0.15) is 5.82 Å². The highest BCUT2D eigenvalue weighted by atomic mass is 32.2. The maximum atomic E-state index is 12.2. The number of hydrogen-bond donors (Lipinski definition) is 1. The van der Waals surface area contributed by atoms with Crippen LogP contribution in [0.1, 0.15) is 23.1 Å². The maximum Gasteiger partial charge on any atom is 0.214 e. The summed E-state index contributed by atoms with van der Waals surface area (Å²) in [5.74, 6) is 0.467. The molecule has 146 valence electrons. The standard InChI is InChI=1S/C20H27N3O3S/c1-13-7-20(21-18-9-15-6-4-5-14(15)8-17(13)18)23-10-16(19(24)11-23)12-27(25,26)22(2)3/h7-9,16,19,24H,4-6,10-12H2,1-3H3/t16-,19-/m0/s1. The number of anilines is 1. The Morgan fingerprint density at radius 3 is 2.59 bits per heavy atom. The van der Waals surface area contributed by atoms with E-state index < -0.39 is 16.1 Å². The third kappa shape index (κ3) is 3.44. The van der Waals surface area contributed by atoms with Gasteiger partial charge in [-0.3, -0.25) is 0 Å². The molecule has 2 heterocycles. The fraction of sp³-hybridized carbons (Fsp3) is 0.550. The molecule has 1 aromatic heterocycles. The van der Waals surface area contributed by atoms with Crippen molar-refractivity contribution >= 4 is 26.7 Å². The molecule has 2 atom stereocenters. The van der Waals surface area contributed by atoms with Crippen molar-refractivity contribution in [2.45, 2.75) is 32.3 Å². The Hall–Kier alpha value is -1.70. The lowest BCUT2D eigenvalue weighted by Gasteiger charge is -2.20. The van der Waals surface area contributed by atoms with E-state index in [-0.39, 0.29) is 11.7 Å². The van der Waals surface area contributed by atoms with Crippen molar-refractivity contribution in [3.63, 3.8) is 0 Å². The van der Waals surface area contributed by atoms with E-state index in [0.717, 1.165) is 24.2 Å². The lowest BCUT2D eigenvalue weighted by molar-refractivity contribution is 0.157. The number of aliphatic hydroxyl groups excluding tert-OH is 1. The van der Waals surface area contributed by atoms with Crippen LogP contribution in [-0.2, 0) is 22.9 Å². The molecule has 0 saturated carbocycles. The first-order valence-electron chi connectivity index (χ1n) is 9.51. The number of aryl methyl sites for hydroxylation is 3. The molecule has 4 rings (SSSR count). The zero-order chi connectivity index (χ0) is 19.3. The van der Waals surface area contributed by atoms with Crippen LogP contribution in [0.4, 0.5) is 5.82 Å². The minimum absolute atomic E-state index is 0.0439. The van der Waals surface area contributed by atoms with Crippen LogP contribution >= 0.6 is 0 Å². The van der Waals surface area contributed by atoms with Crippen LogP contribution in [0.25, 0.3) is 10.9 Å². The number of nitrogens with zero attached hydrogens (tertiary/aromatic N) is 3. The third-order valence-corrected chi connectivity index (χ3v) is 7.89. The molecule has 7 heteroatoms. The molecule has 0 spiro atoms. The summed E-state index contributed by atoms with van der Waals surface area (Å²) < 4.78 is 25.6. The molecule has 0 unspecified atom stereocenters. The SMILES string of the molecule is Cc1cc(N2C[C@@H](CS(=O)(=O)N(C)C)[C@@H](O)C2)nc2cc3c(cc12)CCC3. The average molecular weight is 390 g/mol. The molecule has 6 nitrogen and oxygen atoms in total. The van der Waals surface area contributed by atoms with Crippen molar-refractivity contribution < 1.29 is 13.5 Å². The number of aromatic nitrogens is 1. The first kappa shape index (κ1) is 18.7. The van der Waals surface area contributed by atoms with Crippen molar-refractivity contribution in [3.05, 3.63) is 34.9 Å². The van der Waals surface area contributed by atoms with Crippen molar-refractivity contribution in [3.8, 4) is 0 Å². The highest BCUT2D eigenvalue weighted by molar-refractivity contribution is 7.89. The molecule has 1 saturated heterocycles. The number of sulfonamides is 1. The molecule has 1 N–H and O–H groups in total. The summed E-state index contributed by atoms with van der Waals surface area (Å²) in [5.41, 5.74) is 4.99. The predicted molar refractivity (Wildman–Crippen MR) is 108 cm³/mol. The second-order valence-electron chi connectivity index (χ2n) is 8.08. The first-order chi connectivity index (χ1) is 12.7. The minimum Gasteiger partial charge on any atom is -0.391 e. The number of β-amino-alcohol motifs (C(OH)–C–C–N with tert-alkyl or cyclic N) is 1. The van der Waals surface area contributed by atoms with Gasteiger partial charge in [-0.2, -0.15) is 0 Å². The Kier molecular flexibility index (Phi) is 4.64. The summed E-state index contributed by atoms with van der Waals surface area (Å²) in [4.78, 5) is 6.87. The van der Waals surface area contributed by atoms with Gasteiger partial charge in [-0.15, -0.1) is 0 Å². The van der Waals surface area contributed by atoms with Gasteiger partial charge in [-0.05, 0) is 61.1 Å². The van der Waals surface area contributed by atoms with Crippen molar-refractivity contribution in [1.82, 2.24) is 9.29 Å². The molecule has 1 aromatic carbocycles.